The monoisotopic (exact) mass is 872 g/mol. The van der Waals surface area contributed by atoms with Gasteiger partial charge in [0.1, 0.15) is 0 Å². The first-order valence-electron chi connectivity index (χ1n) is 22.8. The molecule has 4 aromatic heterocycles. The first-order valence-corrected chi connectivity index (χ1v) is 26.0. The fraction of sp³-hybridized carbons (Fsp3) is 0.207. The molecular formula is C58H48S4. The zero-order valence-electron chi connectivity index (χ0n) is 35.4. The highest BCUT2D eigenvalue weighted by molar-refractivity contribution is 7.24. The largest absolute Gasteiger partial charge is 0.139 e. The second-order valence-electron chi connectivity index (χ2n) is 17.3. The Kier molecular flexibility index (Phi) is 9.90. The smallest absolute Gasteiger partial charge is 0.0449 e. The van der Waals surface area contributed by atoms with Crippen molar-refractivity contribution < 1.29 is 0 Å². The summed E-state index contributed by atoms with van der Waals surface area (Å²) in [5.41, 5.74) is 2.68. The predicted octanol–water partition coefficient (Wildman–Crippen LogP) is 19.8. The molecule has 0 unspecified atom stereocenters. The lowest BCUT2D eigenvalue weighted by molar-refractivity contribution is 0.670. The summed E-state index contributed by atoms with van der Waals surface area (Å²) in [7, 11) is 0. The molecule has 8 aromatic carbocycles. The zero-order chi connectivity index (χ0) is 41.3. The van der Waals surface area contributed by atoms with Crippen molar-refractivity contribution in [3.05, 3.63) is 143 Å². The molecule has 0 saturated carbocycles. The standard InChI is InChI=1S/C58H48S4/c1-3-5-7-9-15-35-21-29-49(59-35)51-33-31-47(61-51)45-27-25-43-44-26-28-46(48-32-34-52(62-48)50-30-22-36(60-50)16-10-8-6-4-2)54-40-20-14-12-18-38(40)42-24-23-41-37-17-11-13-19-39(37)53(45)55(43)57(41)58(42)56(44)54/h11-14,17-34H,3-10,15-16H2,1-2H3. The summed E-state index contributed by atoms with van der Waals surface area (Å²) in [6.07, 6.45) is 12.8. The molecule has 0 nitrogen and oxygen atoms in total. The average Bonchev–Trinajstić information content (AvgIpc) is 4.17. The van der Waals surface area contributed by atoms with E-state index in [4.69, 9.17) is 0 Å². The van der Waals surface area contributed by atoms with Crippen molar-refractivity contribution >= 4 is 121 Å². The Hall–Kier alpha value is -5.10. The van der Waals surface area contributed by atoms with Gasteiger partial charge in [-0.25, -0.2) is 0 Å². The second kappa shape index (κ2) is 15.9. The number of fused-ring (bicyclic) bond motifs is 7. The molecule has 0 amide bonds. The minimum atomic E-state index is 1.19. The summed E-state index contributed by atoms with van der Waals surface area (Å²) >= 11 is 7.88. The van der Waals surface area contributed by atoms with Crippen LogP contribution in [-0.4, -0.2) is 0 Å². The van der Waals surface area contributed by atoms with Crippen molar-refractivity contribution in [1.82, 2.24) is 0 Å². The van der Waals surface area contributed by atoms with Crippen molar-refractivity contribution in [3.8, 4) is 40.4 Å². The van der Waals surface area contributed by atoms with Crippen molar-refractivity contribution in [3.63, 3.8) is 0 Å². The van der Waals surface area contributed by atoms with Gasteiger partial charge >= 0.3 is 0 Å². The van der Waals surface area contributed by atoms with Crippen LogP contribution in [0.25, 0.3) is 116 Å². The van der Waals surface area contributed by atoms with Crippen LogP contribution in [0.3, 0.4) is 0 Å². The first kappa shape index (κ1) is 38.6. The molecule has 12 rings (SSSR count). The van der Waals surface area contributed by atoms with E-state index in [0.717, 1.165) is 0 Å². The summed E-state index contributed by atoms with van der Waals surface area (Å²) in [6, 6.07) is 52.0. The SMILES string of the molecule is CCCCCCc1ccc(-c2ccc(-c3ccc4c5ccc(-c6ccc(-c7ccc(CCCCCC)s7)s6)c6c7ccccc7c7ccc8c9ccccc9c3c4c8c7c56)s2)s1. The maximum Gasteiger partial charge on any atom is 0.0449 e. The van der Waals surface area contributed by atoms with Gasteiger partial charge in [0.15, 0.2) is 0 Å². The van der Waals surface area contributed by atoms with Gasteiger partial charge in [0.25, 0.3) is 0 Å². The Morgan fingerprint density at radius 3 is 1.06 bits per heavy atom. The Bertz CT molecular complexity index is 3330. The molecule has 4 heterocycles. The number of rotatable bonds is 14. The lowest BCUT2D eigenvalue weighted by atomic mass is 9.79. The van der Waals surface area contributed by atoms with Gasteiger partial charge in [-0.15, -0.1) is 45.3 Å². The van der Waals surface area contributed by atoms with Gasteiger partial charge in [-0.2, -0.15) is 0 Å². The summed E-state index contributed by atoms with van der Waals surface area (Å²) in [4.78, 5) is 11.2. The van der Waals surface area contributed by atoms with E-state index in [1.807, 2.05) is 45.3 Å². The van der Waals surface area contributed by atoms with Crippen molar-refractivity contribution in [2.24, 2.45) is 0 Å². The molecule has 0 saturated heterocycles. The third-order valence-corrected chi connectivity index (χ3v) is 18.4. The topological polar surface area (TPSA) is 0 Å². The van der Waals surface area contributed by atoms with E-state index in [1.165, 1.54) is 190 Å². The second-order valence-corrected chi connectivity index (χ2v) is 21.8. The molecule has 0 spiro atoms. The van der Waals surface area contributed by atoms with Crippen LogP contribution >= 0.6 is 45.3 Å². The zero-order valence-corrected chi connectivity index (χ0v) is 38.7. The molecule has 0 fully saturated rings. The molecule has 304 valence electrons. The van der Waals surface area contributed by atoms with Crippen molar-refractivity contribution in [2.75, 3.05) is 0 Å². The van der Waals surface area contributed by atoms with E-state index in [0.29, 0.717) is 0 Å². The molecule has 0 radical (unpaired) electrons. The normalized spacial score (nSPS) is 12.4. The fourth-order valence-electron chi connectivity index (χ4n) is 10.6. The van der Waals surface area contributed by atoms with Gasteiger partial charge in [0.2, 0.25) is 0 Å². The minimum Gasteiger partial charge on any atom is -0.139 e. The van der Waals surface area contributed by atoms with Crippen molar-refractivity contribution in [2.45, 2.75) is 78.1 Å². The number of hydrogen-bond acceptors (Lipinski definition) is 4. The highest BCUT2D eigenvalue weighted by Gasteiger charge is 2.25. The number of benzene rings is 8. The molecule has 0 atom stereocenters. The highest BCUT2D eigenvalue weighted by Crippen LogP contribution is 2.54. The maximum atomic E-state index is 2.45. The molecule has 62 heavy (non-hydrogen) atoms. The van der Waals surface area contributed by atoms with Crippen LogP contribution in [0.15, 0.2) is 133 Å². The quantitative estimate of drug-likeness (QED) is 0.0580. The van der Waals surface area contributed by atoms with Crippen LogP contribution in [0.1, 0.15) is 75.0 Å². The Morgan fingerprint density at radius 1 is 0.274 bits per heavy atom. The van der Waals surface area contributed by atoms with Gasteiger partial charge in [-0.3, -0.25) is 0 Å². The molecular weight excluding hydrogens is 825 g/mol. The predicted molar refractivity (Wildman–Crippen MR) is 280 cm³/mol. The molecule has 12 aromatic rings. The van der Waals surface area contributed by atoms with Gasteiger partial charge in [-0.05, 0) is 150 Å². The van der Waals surface area contributed by atoms with E-state index in [2.05, 4.69) is 147 Å². The number of thiophene rings is 4. The summed E-state index contributed by atoms with van der Waals surface area (Å²) in [6.45, 7) is 4.58. The van der Waals surface area contributed by atoms with Crippen LogP contribution in [0.5, 0.6) is 0 Å². The molecule has 0 aliphatic carbocycles. The van der Waals surface area contributed by atoms with Crippen LogP contribution in [0.2, 0.25) is 0 Å². The summed E-state index contributed by atoms with van der Waals surface area (Å²) < 4.78 is 0. The van der Waals surface area contributed by atoms with E-state index in [-0.39, 0.29) is 0 Å². The van der Waals surface area contributed by atoms with Crippen LogP contribution < -0.4 is 0 Å². The van der Waals surface area contributed by atoms with E-state index >= 15 is 0 Å². The summed E-state index contributed by atoms with van der Waals surface area (Å²) in [5, 5.41) is 19.2. The third-order valence-electron chi connectivity index (χ3n) is 13.5. The van der Waals surface area contributed by atoms with Crippen LogP contribution in [0, 0.1) is 0 Å². The average molecular weight is 873 g/mol. The van der Waals surface area contributed by atoms with E-state index in [9.17, 15) is 0 Å². The van der Waals surface area contributed by atoms with Gasteiger partial charge in [0.05, 0.1) is 0 Å². The number of aryl methyl sites for hydroxylation is 2. The molecule has 0 aliphatic heterocycles. The highest BCUT2D eigenvalue weighted by atomic mass is 32.1. The molecule has 0 bridgehead atoms. The molecule has 0 N–H and O–H groups in total. The van der Waals surface area contributed by atoms with Gasteiger partial charge in [-0.1, -0.05) is 137 Å². The lowest BCUT2D eigenvalue weighted by Crippen LogP contribution is -1.95. The maximum absolute atomic E-state index is 2.45. The van der Waals surface area contributed by atoms with E-state index in [1.54, 1.807) is 0 Å². The third kappa shape index (κ3) is 6.24. The van der Waals surface area contributed by atoms with E-state index < -0.39 is 0 Å². The minimum absolute atomic E-state index is 1.19. The van der Waals surface area contributed by atoms with Crippen molar-refractivity contribution in [1.29, 1.82) is 0 Å². The molecule has 4 heteroatoms. The fourth-order valence-corrected chi connectivity index (χ4v) is 14.9. The summed E-state index contributed by atoms with van der Waals surface area (Å²) in [5.74, 6) is 0. The number of hydrogen-bond donors (Lipinski definition) is 0. The number of unbranched alkanes of at least 4 members (excludes halogenated alkanes) is 6. The Balaban J connectivity index is 1.06. The van der Waals surface area contributed by atoms with Gasteiger partial charge in [0, 0.05) is 50.1 Å². The Labute approximate surface area is 379 Å². The lowest BCUT2D eigenvalue weighted by Gasteiger charge is -2.23. The van der Waals surface area contributed by atoms with Crippen LogP contribution in [-0.2, 0) is 12.8 Å². The van der Waals surface area contributed by atoms with Crippen LogP contribution in [0.4, 0.5) is 0 Å². The molecule has 0 aliphatic rings. The van der Waals surface area contributed by atoms with Gasteiger partial charge < -0.3 is 0 Å². The first-order chi connectivity index (χ1) is 30.7. The Morgan fingerprint density at radius 2 is 0.613 bits per heavy atom.